The van der Waals surface area contributed by atoms with E-state index in [0.29, 0.717) is 5.69 Å². The minimum atomic E-state index is -0.640. The molecular weight excluding hydrogens is 220 g/mol. The number of ether oxygens (including phenoxy) is 1. The van der Waals surface area contributed by atoms with Crippen molar-refractivity contribution in [2.45, 2.75) is 0 Å². The van der Waals surface area contributed by atoms with Gasteiger partial charge in [-0.05, 0) is 24.3 Å². The summed E-state index contributed by atoms with van der Waals surface area (Å²) in [4.78, 5) is 27.2. The van der Waals surface area contributed by atoms with E-state index in [1.807, 2.05) is 0 Å². The fourth-order valence-corrected chi connectivity index (χ4v) is 1.47. The molecule has 5 heteroatoms. The van der Waals surface area contributed by atoms with Gasteiger partial charge in [0.25, 0.3) is 5.56 Å². The summed E-state index contributed by atoms with van der Waals surface area (Å²) < 4.78 is 5.91. The number of methoxy groups -OCH3 is 1. The number of carbonyl (C=O) groups excluding carboxylic acids is 1. The molecule has 0 aliphatic heterocycles. The van der Waals surface area contributed by atoms with Crippen LogP contribution in [0.15, 0.2) is 47.7 Å². The Kier molecular flexibility index (Phi) is 3.00. The highest BCUT2D eigenvalue weighted by Gasteiger charge is 2.12. The largest absolute Gasteiger partial charge is 0.465 e. The zero-order chi connectivity index (χ0) is 12.3. The molecule has 5 nitrogen and oxygen atoms in total. The molecule has 2 aromatic heterocycles. The van der Waals surface area contributed by atoms with E-state index >= 15 is 0 Å². The second-order valence-electron chi connectivity index (χ2n) is 3.29. The highest BCUT2D eigenvalue weighted by atomic mass is 16.5. The Morgan fingerprint density at radius 3 is 2.65 bits per heavy atom. The van der Waals surface area contributed by atoms with E-state index in [2.05, 4.69) is 9.72 Å². The van der Waals surface area contributed by atoms with Crippen molar-refractivity contribution in [3.63, 3.8) is 0 Å². The molecule has 0 saturated heterocycles. The van der Waals surface area contributed by atoms with Crippen molar-refractivity contribution in [1.29, 1.82) is 0 Å². The lowest BCUT2D eigenvalue weighted by Crippen LogP contribution is -2.25. The number of rotatable bonds is 2. The zero-order valence-electron chi connectivity index (χ0n) is 9.16. The molecule has 0 amide bonds. The summed E-state index contributed by atoms with van der Waals surface area (Å²) in [7, 11) is 1.24. The Bertz CT molecular complexity index is 590. The number of esters is 1. The van der Waals surface area contributed by atoms with Crippen molar-refractivity contribution in [3.8, 4) is 5.69 Å². The predicted molar refractivity (Wildman–Crippen MR) is 61.2 cm³/mol. The van der Waals surface area contributed by atoms with E-state index in [-0.39, 0.29) is 5.56 Å². The summed E-state index contributed by atoms with van der Waals surface area (Å²) >= 11 is 0. The maximum absolute atomic E-state index is 12.0. The van der Waals surface area contributed by atoms with Gasteiger partial charge in [0, 0.05) is 18.6 Å². The van der Waals surface area contributed by atoms with Gasteiger partial charge in [0.1, 0.15) is 5.56 Å². The highest BCUT2D eigenvalue weighted by molar-refractivity contribution is 5.88. The van der Waals surface area contributed by atoms with Gasteiger partial charge in [0.05, 0.1) is 12.8 Å². The third-order valence-corrected chi connectivity index (χ3v) is 2.29. The first-order valence-corrected chi connectivity index (χ1v) is 4.94. The van der Waals surface area contributed by atoms with Gasteiger partial charge in [0.15, 0.2) is 0 Å². The van der Waals surface area contributed by atoms with E-state index in [4.69, 9.17) is 0 Å². The molecule has 2 rings (SSSR count). The first-order chi connectivity index (χ1) is 8.24. The second kappa shape index (κ2) is 4.61. The first kappa shape index (κ1) is 11.1. The number of nitrogens with zero attached hydrogens (tertiary/aromatic N) is 2. The van der Waals surface area contributed by atoms with Crippen LogP contribution in [0.25, 0.3) is 5.69 Å². The zero-order valence-corrected chi connectivity index (χ0v) is 9.16. The molecule has 0 aromatic carbocycles. The molecule has 0 fully saturated rings. The molecular formula is C12H10N2O3. The van der Waals surface area contributed by atoms with Crippen LogP contribution in [0.2, 0.25) is 0 Å². The summed E-state index contributed by atoms with van der Waals surface area (Å²) in [6.07, 6.45) is 4.74. The van der Waals surface area contributed by atoms with Crippen LogP contribution < -0.4 is 5.56 Å². The van der Waals surface area contributed by atoms with Crippen molar-refractivity contribution in [3.05, 3.63) is 58.8 Å². The Morgan fingerprint density at radius 1 is 1.29 bits per heavy atom. The van der Waals surface area contributed by atoms with Gasteiger partial charge >= 0.3 is 5.97 Å². The molecule has 86 valence electrons. The number of aromatic nitrogens is 2. The van der Waals surface area contributed by atoms with Crippen LogP contribution in [0.4, 0.5) is 0 Å². The SMILES string of the molecule is COC(=O)c1cccn(-c2ccncc2)c1=O. The van der Waals surface area contributed by atoms with Crippen LogP contribution in [0.1, 0.15) is 10.4 Å². The van der Waals surface area contributed by atoms with Crippen molar-refractivity contribution < 1.29 is 9.53 Å². The number of hydrogen-bond donors (Lipinski definition) is 0. The van der Waals surface area contributed by atoms with Crippen molar-refractivity contribution >= 4 is 5.97 Å². The quantitative estimate of drug-likeness (QED) is 0.722. The molecule has 0 spiro atoms. The van der Waals surface area contributed by atoms with Gasteiger partial charge in [-0.15, -0.1) is 0 Å². The molecule has 0 bridgehead atoms. The Hall–Kier alpha value is -2.43. The van der Waals surface area contributed by atoms with Crippen molar-refractivity contribution in [2.75, 3.05) is 7.11 Å². The number of pyridine rings is 2. The number of hydrogen-bond acceptors (Lipinski definition) is 4. The van der Waals surface area contributed by atoms with Crippen LogP contribution in [-0.2, 0) is 4.74 Å². The number of carbonyl (C=O) groups is 1. The Labute approximate surface area is 97.3 Å². The van der Waals surface area contributed by atoms with Crippen LogP contribution in [-0.4, -0.2) is 22.6 Å². The van der Waals surface area contributed by atoms with Gasteiger partial charge in [0.2, 0.25) is 0 Å². The van der Waals surface area contributed by atoms with E-state index in [9.17, 15) is 9.59 Å². The first-order valence-electron chi connectivity index (χ1n) is 4.94. The lowest BCUT2D eigenvalue weighted by Gasteiger charge is -2.06. The molecule has 0 radical (unpaired) electrons. The van der Waals surface area contributed by atoms with Crippen molar-refractivity contribution in [2.24, 2.45) is 0 Å². The summed E-state index contributed by atoms with van der Waals surface area (Å²) in [6, 6.07) is 6.42. The van der Waals surface area contributed by atoms with E-state index in [1.54, 1.807) is 36.8 Å². The van der Waals surface area contributed by atoms with Gasteiger partial charge in [-0.2, -0.15) is 0 Å². The topological polar surface area (TPSA) is 61.2 Å². The maximum Gasteiger partial charge on any atom is 0.343 e. The molecule has 2 heterocycles. The van der Waals surface area contributed by atoms with Crippen LogP contribution >= 0.6 is 0 Å². The van der Waals surface area contributed by atoms with Crippen LogP contribution in [0.3, 0.4) is 0 Å². The standard InChI is InChI=1S/C12H10N2O3/c1-17-12(16)10-3-2-8-14(11(10)15)9-4-6-13-7-5-9/h2-8H,1H3. The summed E-state index contributed by atoms with van der Waals surface area (Å²) in [5, 5.41) is 0. The molecule has 0 unspecified atom stereocenters. The van der Waals surface area contributed by atoms with E-state index in [0.717, 1.165) is 0 Å². The average Bonchev–Trinajstić information content (AvgIpc) is 2.39. The molecule has 2 aromatic rings. The minimum Gasteiger partial charge on any atom is -0.465 e. The fraction of sp³-hybridized carbons (Fsp3) is 0.0833. The maximum atomic E-state index is 12.0. The Balaban J connectivity index is 2.58. The van der Waals surface area contributed by atoms with Gasteiger partial charge < -0.3 is 4.74 Å². The van der Waals surface area contributed by atoms with Gasteiger partial charge in [-0.1, -0.05) is 0 Å². The second-order valence-corrected chi connectivity index (χ2v) is 3.29. The summed E-state index contributed by atoms with van der Waals surface area (Å²) in [5.41, 5.74) is 0.244. The Morgan fingerprint density at radius 2 is 2.00 bits per heavy atom. The summed E-state index contributed by atoms with van der Waals surface area (Å²) in [6.45, 7) is 0. The fourth-order valence-electron chi connectivity index (χ4n) is 1.47. The molecule has 0 saturated carbocycles. The van der Waals surface area contributed by atoms with Crippen molar-refractivity contribution in [1.82, 2.24) is 9.55 Å². The highest BCUT2D eigenvalue weighted by Crippen LogP contribution is 2.03. The normalized spacial score (nSPS) is 9.94. The summed E-state index contributed by atoms with van der Waals surface area (Å²) in [5.74, 6) is -0.640. The predicted octanol–water partition coefficient (Wildman–Crippen LogP) is 1.02. The van der Waals surface area contributed by atoms with Crippen LogP contribution in [0.5, 0.6) is 0 Å². The minimum absolute atomic E-state index is 0.00631. The molecule has 0 aliphatic rings. The smallest absolute Gasteiger partial charge is 0.343 e. The third-order valence-electron chi connectivity index (χ3n) is 2.29. The monoisotopic (exact) mass is 230 g/mol. The van der Waals surface area contributed by atoms with E-state index in [1.165, 1.54) is 17.7 Å². The van der Waals surface area contributed by atoms with E-state index < -0.39 is 11.5 Å². The molecule has 0 N–H and O–H groups in total. The molecule has 0 atom stereocenters. The third kappa shape index (κ3) is 2.08. The lowest BCUT2D eigenvalue weighted by molar-refractivity contribution is 0.0598. The molecule has 0 aliphatic carbocycles. The van der Waals surface area contributed by atoms with Gasteiger partial charge in [-0.25, -0.2) is 4.79 Å². The molecule has 17 heavy (non-hydrogen) atoms. The van der Waals surface area contributed by atoms with Gasteiger partial charge in [-0.3, -0.25) is 14.3 Å². The van der Waals surface area contributed by atoms with Crippen LogP contribution in [0, 0.1) is 0 Å². The average molecular weight is 230 g/mol. The lowest BCUT2D eigenvalue weighted by atomic mass is 10.2.